The molecule has 2 aliphatic rings. The van der Waals surface area contributed by atoms with Crippen LogP contribution in [-0.4, -0.2) is 47.5 Å². The zero-order valence-corrected chi connectivity index (χ0v) is 26.5. The number of aromatic nitrogens is 2. The lowest BCUT2D eigenvalue weighted by molar-refractivity contribution is 0.0234. The first-order valence-electron chi connectivity index (χ1n) is 15.1. The Hall–Kier alpha value is -5.60. The van der Waals surface area contributed by atoms with Crippen molar-refractivity contribution in [1.82, 2.24) is 9.97 Å². The molecule has 2 amide bonds. The fourth-order valence-corrected chi connectivity index (χ4v) is 4.64. The number of hydrogen-bond donors (Lipinski definition) is 0. The summed E-state index contributed by atoms with van der Waals surface area (Å²) in [5, 5.41) is 0. The second kappa shape index (κ2) is 14.0. The Morgan fingerprint density at radius 1 is 0.630 bits per heavy atom. The van der Waals surface area contributed by atoms with E-state index in [1.165, 1.54) is 0 Å². The summed E-state index contributed by atoms with van der Waals surface area (Å²) < 4.78 is 10.6. The van der Waals surface area contributed by atoms with Gasteiger partial charge in [0.2, 0.25) is 0 Å². The van der Waals surface area contributed by atoms with Crippen molar-refractivity contribution in [2.75, 3.05) is 29.5 Å². The van der Waals surface area contributed by atoms with E-state index >= 15 is 0 Å². The lowest BCUT2D eigenvalue weighted by atomic mass is 9.93. The highest BCUT2D eigenvalue weighted by Crippen LogP contribution is 2.27. The molecule has 0 radical (unpaired) electrons. The van der Waals surface area contributed by atoms with Crippen LogP contribution in [0.2, 0.25) is 0 Å². The number of nitrogens with zero attached hydrogens (tertiary/aromatic N) is 4. The molecule has 6 rings (SSSR count). The number of pyridine rings is 2. The summed E-state index contributed by atoms with van der Waals surface area (Å²) >= 11 is 0. The highest BCUT2D eigenvalue weighted by Gasteiger charge is 2.35. The first-order chi connectivity index (χ1) is 22.1. The van der Waals surface area contributed by atoms with Gasteiger partial charge in [-0.3, -0.25) is 9.80 Å². The molecule has 2 fully saturated rings. The molecule has 2 aromatic carbocycles. The van der Waals surface area contributed by atoms with E-state index in [2.05, 4.69) is 47.5 Å². The second-order valence-corrected chi connectivity index (χ2v) is 12.4. The van der Waals surface area contributed by atoms with Gasteiger partial charge in [-0.15, -0.1) is 0 Å². The third kappa shape index (κ3) is 8.74. The van der Waals surface area contributed by atoms with Gasteiger partial charge in [-0.05, 0) is 62.4 Å². The van der Waals surface area contributed by atoms with E-state index in [1.54, 1.807) is 34.3 Å². The molecule has 4 heterocycles. The van der Waals surface area contributed by atoms with Gasteiger partial charge in [-0.2, -0.15) is 0 Å². The maximum absolute atomic E-state index is 12.0. The number of ether oxygens (including phenoxy) is 2. The summed E-state index contributed by atoms with van der Waals surface area (Å²) in [6.45, 7) is 9.58. The maximum Gasteiger partial charge on any atom is 0.416 e. The molecule has 8 nitrogen and oxygen atoms in total. The summed E-state index contributed by atoms with van der Waals surface area (Å²) in [5.74, 6) is 13.5. The summed E-state index contributed by atoms with van der Waals surface area (Å²) in [6, 6.07) is 26.9. The van der Waals surface area contributed by atoms with E-state index < -0.39 is 5.60 Å². The van der Waals surface area contributed by atoms with Crippen LogP contribution >= 0.6 is 0 Å². The molecule has 0 unspecified atom stereocenters. The molecule has 4 aromatic rings. The summed E-state index contributed by atoms with van der Waals surface area (Å²) in [4.78, 5) is 35.8. The number of anilines is 2. The van der Waals surface area contributed by atoms with Crippen LogP contribution in [0.1, 0.15) is 56.4 Å². The molecule has 232 valence electrons. The molecule has 0 atom stereocenters. The Kier molecular flexibility index (Phi) is 9.69. The Balaban J connectivity index is 0.000000181. The third-order valence-corrected chi connectivity index (χ3v) is 7.21. The van der Waals surface area contributed by atoms with Gasteiger partial charge in [0.25, 0.3) is 0 Å². The fraction of sp³-hybridized carbons (Fsp3) is 0.263. The zero-order chi connectivity index (χ0) is 32.6. The molecular weight excluding hydrogens is 576 g/mol. The van der Waals surface area contributed by atoms with E-state index in [0.717, 1.165) is 28.7 Å². The molecule has 2 aliphatic heterocycles. The lowest BCUT2D eigenvalue weighted by Crippen LogP contribution is -2.47. The average Bonchev–Trinajstić information content (AvgIpc) is 3.05. The Morgan fingerprint density at radius 2 is 1.13 bits per heavy atom. The van der Waals surface area contributed by atoms with Gasteiger partial charge in [0.1, 0.15) is 17.2 Å². The first kappa shape index (κ1) is 31.8. The summed E-state index contributed by atoms with van der Waals surface area (Å²) in [5.41, 5.74) is 3.04. The van der Waals surface area contributed by atoms with Gasteiger partial charge >= 0.3 is 12.2 Å². The zero-order valence-electron chi connectivity index (χ0n) is 26.5. The first-order valence-corrected chi connectivity index (χ1v) is 15.1. The number of carbonyl (C=O) groups excluding carboxylic acids is 2. The number of cyclic esters (lactones) is 2. The quantitative estimate of drug-likeness (QED) is 0.225. The predicted octanol–water partition coefficient (Wildman–Crippen LogP) is 7.07. The fourth-order valence-electron chi connectivity index (χ4n) is 4.64. The third-order valence-electron chi connectivity index (χ3n) is 7.21. The Labute approximate surface area is 270 Å². The minimum atomic E-state index is -0.408. The van der Waals surface area contributed by atoms with Crippen molar-refractivity contribution in [1.29, 1.82) is 0 Å². The highest BCUT2D eigenvalue weighted by atomic mass is 16.6. The van der Waals surface area contributed by atoms with E-state index in [0.29, 0.717) is 31.3 Å². The van der Waals surface area contributed by atoms with Crippen LogP contribution in [0, 0.1) is 29.1 Å². The van der Waals surface area contributed by atoms with Crippen LogP contribution in [0.4, 0.5) is 21.2 Å². The van der Waals surface area contributed by atoms with Gasteiger partial charge in [-0.25, -0.2) is 19.6 Å². The molecular formula is C38H36N4O4. The molecule has 0 aliphatic carbocycles. The molecule has 8 heteroatoms. The van der Waals surface area contributed by atoms with Crippen LogP contribution in [0.3, 0.4) is 0 Å². The molecule has 0 saturated carbocycles. The minimum absolute atomic E-state index is 0.0820. The van der Waals surface area contributed by atoms with Crippen LogP contribution in [-0.2, 0) is 9.47 Å². The average molecular weight is 613 g/mol. The predicted molar refractivity (Wildman–Crippen MR) is 178 cm³/mol. The molecule has 2 aromatic heterocycles. The Bertz CT molecular complexity index is 1780. The standard InChI is InChI=1S/2C19H18N2O2/c1-19(2)13-21(18(22)23-14-19)17-11-10-16(12-20-17)9-8-15-6-4-3-5-7-15;1-19(2)12-13-21(18(22)23-19)17-11-10-16(14-20-17)9-8-15-6-4-3-5-7-15/h3-7,10-12H,13-14H2,1-2H3;3-7,10-11,14H,12-13H2,1-2H3. The number of carbonyl (C=O) groups is 2. The second-order valence-electron chi connectivity index (χ2n) is 12.4. The van der Waals surface area contributed by atoms with Crippen molar-refractivity contribution in [2.45, 2.75) is 39.7 Å². The monoisotopic (exact) mass is 612 g/mol. The molecule has 0 N–H and O–H groups in total. The van der Waals surface area contributed by atoms with Crippen molar-refractivity contribution < 1.29 is 19.1 Å². The van der Waals surface area contributed by atoms with Gasteiger partial charge in [-0.1, -0.05) is 73.9 Å². The normalized spacial score (nSPS) is 16.3. The Morgan fingerprint density at radius 3 is 1.61 bits per heavy atom. The smallest absolute Gasteiger partial charge is 0.416 e. The van der Waals surface area contributed by atoms with Gasteiger partial charge in [0.05, 0.1) is 6.61 Å². The van der Waals surface area contributed by atoms with E-state index in [4.69, 9.17) is 9.47 Å². The van der Waals surface area contributed by atoms with E-state index in [1.807, 2.05) is 86.6 Å². The number of hydrogen-bond acceptors (Lipinski definition) is 6. The summed E-state index contributed by atoms with van der Waals surface area (Å²) in [6.07, 6.45) is 3.44. The van der Waals surface area contributed by atoms with Crippen molar-refractivity contribution in [3.05, 3.63) is 120 Å². The van der Waals surface area contributed by atoms with Crippen LogP contribution in [0.25, 0.3) is 0 Å². The number of rotatable bonds is 2. The largest absolute Gasteiger partial charge is 0.448 e. The molecule has 46 heavy (non-hydrogen) atoms. The van der Waals surface area contributed by atoms with Gasteiger partial charge < -0.3 is 9.47 Å². The summed E-state index contributed by atoms with van der Waals surface area (Å²) in [7, 11) is 0. The molecule has 0 spiro atoms. The van der Waals surface area contributed by atoms with Crippen molar-refractivity contribution in [2.24, 2.45) is 5.41 Å². The topological polar surface area (TPSA) is 84.9 Å². The number of amides is 2. The molecule has 0 bridgehead atoms. The van der Waals surface area contributed by atoms with E-state index in [-0.39, 0.29) is 17.6 Å². The maximum atomic E-state index is 12.0. The SMILES string of the molecule is CC1(C)CCN(c2ccc(C#Cc3ccccc3)cn2)C(=O)O1.CC1(C)COC(=O)N(c2ccc(C#Cc3ccccc3)cn2)C1. The van der Waals surface area contributed by atoms with Crippen molar-refractivity contribution in [3.8, 4) is 23.7 Å². The van der Waals surface area contributed by atoms with Crippen molar-refractivity contribution in [3.63, 3.8) is 0 Å². The highest BCUT2D eigenvalue weighted by molar-refractivity contribution is 5.88. The van der Waals surface area contributed by atoms with Crippen molar-refractivity contribution >= 4 is 23.8 Å². The van der Waals surface area contributed by atoms with Crippen LogP contribution in [0.5, 0.6) is 0 Å². The minimum Gasteiger partial charge on any atom is -0.448 e. The van der Waals surface area contributed by atoms with Crippen LogP contribution in [0.15, 0.2) is 97.3 Å². The van der Waals surface area contributed by atoms with Gasteiger partial charge in [0.15, 0.2) is 0 Å². The van der Waals surface area contributed by atoms with Crippen LogP contribution < -0.4 is 9.80 Å². The van der Waals surface area contributed by atoms with E-state index in [9.17, 15) is 9.59 Å². The number of benzene rings is 2. The lowest BCUT2D eigenvalue weighted by Gasteiger charge is -2.36. The molecule has 2 saturated heterocycles. The van der Waals surface area contributed by atoms with Gasteiger partial charge in [0, 0.05) is 59.6 Å².